The van der Waals surface area contributed by atoms with Crippen LogP contribution in [0.15, 0.2) is 0 Å². The Morgan fingerprint density at radius 1 is 1.00 bits per heavy atom. The van der Waals surface area contributed by atoms with Gasteiger partial charge in [-0.25, -0.2) is 4.79 Å². The molecule has 0 spiro atoms. The highest BCUT2D eigenvalue weighted by Gasteiger charge is 2.38. The maximum absolute atomic E-state index is 12.7. The van der Waals surface area contributed by atoms with Gasteiger partial charge in [0, 0.05) is 44.7 Å². The minimum absolute atomic E-state index is 0.115. The zero-order chi connectivity index (χ0) is 15.0. The number of carboxylic acid groups (broad SMARTS) is 1. The van der Waals surface area contributed by atoms with E-state index in [1.54, 1.807) is 0 Å². The summed E-state index contributed by atoms with van der Waals surface area (Å²) in [6.45, 7) is 2.97. The van der Waals surface area contributed by atoms with Crippen LogP contribution in [-0.4, -0.2) is 77.1 Å². The first kappa shape index (κ1) is 14.6. The number of likely N-dealkylation sites (tertiary alicyclic amines) is 2. The van der Waals surface area contributed by atoms with Crippen molar-refractivity contribution in [1.82, 2.24) is 14.7 Å². The number of hydrogen-bond acceptors (Lipinski definition) is 3. The van der Waals surface area contributed by atoms with Gasteiger partial charge in [-0.05, 0) is 38.6 Å². The summed E-state index contributed by atoms with van der Waals surface area (Å²) in [6, 6.07) is 1.24. The maximum atomic E-state index is 12.7. The molecule has 3 aliphatic heterocycles. The smallest absolute Gasteiger partial charge is 0.320 e. The molecule has 6 nitrogen and oxygen atoms in total. The Hall–Kier alpha value is -1.30. The summed E-state index contributed by atoms with van der Waals surface area (Å²) in [5.74, 6) is -0.638. The van der Waals surface area contributed by atoms with E-state index in [2.05, 4.69) is 11.9 Å². The van der Waals surface area contributed by atoms with E-state index in [0.717, 1.165) is 25.9 Å². The summed E-state index contributed by atoms with van der Waals surface area (Å²) in [5, 5.41) is 8.87. The molecule has 2 amide bonds. The van der Waals surface area contributed by atoms with Crippen molar-refractivity contribution in [1.29, 1.82) is 0 Å². The Balaban J connectivity index is 1.57. The summed E-state index contributed by atoms with van der Waals surface area (Å²) < 4.78 is 0. The number of hydrogen-bond donors (Lipinski definition) is 1. The van der Waals surface area contributed by atoms with Crippen molar-refractivity contribution in [3.63, 3.8) is 0 Å². The molecule has 3 heterocycles. The number of carboxylic acids is 1. The van der Waals surface area contributed by atoms with Crippen LogP contribution in [0.25, 0.3) is 0 Å². The predicted molar refractivity (Wildman–Crippen MR) is 78.1 cm³/mol. The van der Waals surface area contributed by atoms with E-state index in [-0.39, 0.29) is 18.4 Å². The van der Waals surface area contributed by atoms with Crippen LogP contribution in [0.2, 0.25) is 0 Å². The van der Waals surface area contributed by atoms with Crippen molar-refractivity contribution in [2.75, 3.05) is 33.2 Å². The molecular formula is C15H25N3O3. The number of aliphatic carboxylic acids is 1. The fraction of sp³-hybridized carbons (Fsp3) is 0.867. The average Bonchev–Trinajstić information content (AvgIpc) is 2.94. The van der Waals surface area contributed by atoms with Crippen LogP contribution < -0.4 is 0 Å². The van der Waals surface area contributed by atoms with Gasteiger partial charge in [0.05, 0.1) is 0 Å². The third-order valence-electron chi connectivity index (χ3n) is 5.44. The molecule has 1 N–H and O–H groups in total. The molecule has 2 bridgehead atoms. The van der Waals surface area contributed by atoms with Crippen LogP contribution >= 0.6 is 0 Å². The quantitative estimate of drug-likeness (QED) is 0.828. The molecule has 0 aliphatic carbocycles. The van der Waals surface area contributed by atoms with Crippen molar-refractivity contribution >= 4 is 12.0 Å². The zero-order valence-corrected chi connectivity index (χ0v) is 12.7. The molecule has 0 aromatic carbocycles. The SMILES string of the molecule is CN1C2CCC1CN(C(=O)N1CCC(CC(=O)O)C1)CC2. The van der Waals surface area contributed by atoms with Gasteiger partial charge in [0.25, 0.3) is 0 Å². The molecule has 3 atom stereocenters. The standard InChI is InChI=1S/C15H25N3O3/c1-16-12-2-3-13(16)10-18(7-5-12)15(21)17-6-4-11(9-17)8-14(19)20/h11-13H,2-10H2,1H3,(H,19,20). The van der Waals surface area contributed by atoms with Crippen LogP contribution in [0, 0.1) is 5.92 Å². The third-order valence-corrected chi connectivity index (χ3v) is 5.44. The topological polar surface area (TPSA) is 64.1 Å². The first-order valence-corrected chi connectivity index (χ1v) is 8.02. The molecule has 3 aliphatic rings. The molecule has 0 radical (unpaired) electrons. The van der Waals surface area contributed by atoms with Gasteiger partial charge in [0.1, 0.15) is 0 Å². The van der Waals surface area contributed by atoms with E-state index in [1.807, 2.05) is 9.80 Å². The van der Waals surface area contributed by atoms with Crippen molar-refractivity contribution < 1.29 is 14.7 Å². The first-order chi connectivity index (χ1) is 10.0. The van der Waals surface area contributed by atoms with Gasteiger partial charge < -0.3 is 14.9 Å². The maximum Gasteiger partial charge on any atom is 0.320 e. The highest BCUT2D eigenvalue weighted by Crippen LogP contribution is 2.29. The second-order valence-electron chi connectivity index (χ2n) is 6.77. The Bertz CT molecular complexity index is 428. The number of likely N-dealkylation sites (N-methyl/N-ethyl adjacent to an activating group) is 1. The number of fused-ring (bicyclic) bond motifs is 2. The lowest BCUT2D eigenvalue weighted by atomic mass is 10.1. The molecule has 3 fully saturated rings. The van der Waals surface area contributed by atoms with Gasteiger partial charge in [-0.2, -0.15) is 0 Å². The number of rotatable bonds is 2. The van der Waals surface area contributed by atoms with Crippen molar-refractivity contribution in [3.05, 3.63) is 0 Å². The van der Waals surface area contributed by atoms with Gasteiger partial charge in [-0.3, -0.25) is 9.69 Å². The highest BCUT2D eigenvalue weighted by molar-refractivity contribution is 5.75. The van der Waals surface area contributed by atoms with Crippen LogP contribution in [0.3, 0.4) is 0 Å². The molecule has 3 saturated heterocycles. The van der Waals surface area contributed by atoms with Crippen LogP contribution in [0.4, 0.5) is 4.79 Å². The zero-order valence-electron chi connectivity index (χ0n) is 12.7. The van der Waals surface area contributed by atoms with Gasteiger partial charge in [-0.15, -0.1) is 0 Å². The summed E-state index contributed by atoms with van der Waals surface area (Å²) in [4.78, 5) is 29.7. The Morgan fingerprint density at radius 3 is 2.43 bits per heavy atom. The summed E-state index contributed by atoms with van der Waals surface area (Å²) in [7, 11) is 2.18. The largest absolute Gasteiger partial charge is 0.481 e. The molecule has 118 valence electrons. The summed E-state index contributed by atoms with van der Waals surface area (Å²) >= 11 is 0. The van der Waals surface area contributed by atoms with Crippen LogP contribution in [-0.2, 0) is 4.79 Å². The van der Waals surface area contributed by atoms with E-state index in [0.29, 0.717) is 25.2 Å². The Labute approximate surface area is 125 Å². The van der Waals surface area contributed by atoms with Gasteiger partial charge >= 0.3 is 12.0 Å². The molecule has 3 unspecified atom stereocenters. The third kappa shape index (κ3) is 3.00. The van der Waals surface area contributed by atoms with Gasteiger partial charge in [0.15, 0.2) is 0 Å². The van der Waals surface area contributed by atoms with E-state index < -0.39 is 5.97 Å². The van der Waals surface area contributed by atoms with E-state index in [4.69, 9.17) is 5.11 Å². The molecule has 0 aromatic rings. The molecule has 21 heavy (non-hydrogen) atoms. The fourth-order valence-corrected chi connectivity index (χ4v) is 4.10. The Kier molecular flexibility index (Phi) is 4.06. The summed E-state index contributed by atoms with van der Waals surface area (Å²) in [5.41, 5.74) is 0. The van der Waals surface area contributed by atoms with Gasteiger partial charge in [0.2, 0.25) is 0 Å². The number of carbonyl (C=O) groups excluding carboxylic acids is 1. The van der Waals surface area contributed by atoms with Crippen LogP contribution in [0.1, 0.15) is 32.1 Å². The van der Waals surface area contributed by atoms with Crippen molar-refractivity contribution in [3.8, 4) is 0 Å². The minimum atomic E-state index is -0.761. The first-order valence-electron chi connectivity index (χ1n) is 8.02. The average molecular weight is 295 g/mol. The van der Waals surface area contributed by atoms with Crippen molar-refractivity contribution in [2.24, 2.45) is 5.92 Å². The summed E-state index contributed by atoms with van der Waals surface area (Å²) in [6.07, 6.45) is 4.50. The fourth-order valence-electron chi connectivity index (χ4n) is 4.10. The van der Waals surface area contributed by atoms with Gasteiger partial charge in [-0.1, -0.05) is 0 Å². The highest BCUT2D eigenvalue weighted by atomic mass is 16.4. The second kappa shape index (κ2) is 5.83. The molecule has 6 heteroatoms. The predicted octanol–water partition coefficient (Wildman–Crippen LogP) is 1.07. The minimum Gasteiger partial charge on any atom is -0.481 e. The van der Waals surface area contributed by atoms with E-state index in [9.17, 15) is 9.59 Å². The van der Waals surface area contributed by atoms with Crippen LogP contribution in [0.5, 0.6) is 0 Å². The van der Waals surface area contributed by atoms with Crippen molar-refractivity contribution in [2.45, 2.75) is 44.2 Å². The number of amides is 2. The monoisotopic (exact) mass is 295 g/mol. The number of urea groups is 1. The van der Waals surface area contributed by atoms with E-state index in [1.165, 1.54) is 12.8 Å². The normalized spacial score (nSPS) is 33.3. The molecule has 3 rings (SSSR count). The van der Waals surface area contributed by atoms with E-state index >= 15 is 0 Å². The lowest BCUT2D eigenvalue weighted by Crippen LogP contribution is -2.46. The lowest BCUT2D eigenvalue weighted by Gasteiger charge is -2.30. The molecule has 0 saturated carbocycles. The second-order valence-corrected chi connectivity index (χ2v) is 6.77. The Morgan fingerprint density at radius 2 is 1.67 bits per heavy atom. The lowest BCUT2D eigenvalue weighted by molar-refractivity contribution is -0.138. The molecule has 0 aromatic heterocycles. The molecular weight excluding hydrogens is 270 g/mol. The number of carbonyl (C=O) groups is 2. The number of nitrogens with zero attached hydrogens (tertiary/aromatic N) is 3.